The van der Waals surface area contributed by atoms with Crippen LogP contribution in [0.3, 0.4) is 0 Å². The molecule has 0 spiro atoms. The maximum atomic E-state index is 12.3. The first-order valence-electron chi connectivity index (χ1n) is 7.92. The van der Waals surface area contributed by atoms with Crippen LogP contribution in [0.1, 0.15) is 11.3 Å². The summed E-state index contributed by atoms with van der Waals surface area (Å²) in [5.74, 6) is 0.417. The van der Waals surface area contributed by atoms with Gasteiger partial charge in [-0.2, -0.15) is 0 Å². The summed E-state index contributed by atoms with van der Waals surface area (Å²) in [6, 6.07) is 14.8. The highest BCUT2D eigenvalue weighted by atomic mass is 79.9. The lowest BCUT2D eigenvalue weighted by Gasteiger charge is -2.08. The number of hydrogen-bond donors (Lipinski definition) is 2. The van der Waals surface area contributed by atoms with Crippen LogP contribution in [0.5, 0.6) is 0 Å². The van der Waals surface area contributed by atoms with E-state index in [9.17, 15) is 13.2 Å². The van der Waals surface area contributed by atoms with Crippen molar-refractivity contribution < 1.29 is 17.7 Å². The molecule has 0 saturated heterocycles. The molecular weight excluding hydrogens is 434 g/mol. The number of nitrogens with zero attached hydrogens (tertiary/aromatic N) is 1. The highest BCUT2D eigenvalue weighted by Gasteiger charge is 2.16. The number of amides is 1. The number of nitrogens with one attached hydrogen (secondary N) is 2. The van der Waals surface area contributed by atoms with Gasteiger partial charge in [0, 0.05) is 16.2 Å². The lowest BCUT2D eigenvalue weighted by atomic mass is 10.1. The fraction of sp³-hybridized carbons (Fsp3) is 0.111. The molecule has 7 nitrogen and oxygen atoms in total. The van der Waals surface area contributed by atoms with E-state index < -0.39 is 10.0 Å². The molecule has 0 radical (unpaired) electrons. The van der Waals surface area contributed by atoms with Crippen LogP contribution in [0.4, 0.5) is 11.5 Å². The van der Waals surface area contributed by atoms with Crippen molar-refractivity contribution in [3.63, 3.8) is 0 Å². The van der Waals surface area contributed by atoms with Crippen LogP contribution in [0.15, 0.2) is 68.5 Å². The second-order valence-electron chi connectivity index (χ2n) is 5.80. The summed E-state index contributed by atoms with van der Waals surface area (Å²) in [5.41, 5.74) is 1.38. The standard InChI is InChI=1S/C18H16BrN3O4S/c1-12-10-17(21-26-12)22-27(24,25)16-8-6-15(7-9-16)20-18(23)11-13-2-4-14(19)5-3-13/h2-10H,11H2,1H3,(H,20,23)(H,21,22). The second-order valence-corrected chi connectivity index (χ2v) is 8.40. The minimum absolute atomic E-state index is 0.0501. The van der Waals surface area contributed by atoms with E-state index in [0.717, 1.165) is 10.0 Å². The van der Waals surface area contributed by atoms with Crippen molar-refractivity contribution in [1.82, 2.24) is 5.16 Å². The Balaban J connectivity index is 1.64. The normalized spacial score (nSPS) is 11.2. The summed E-state index contributed by atoms with van der Waals surface area (Å²) in [4.78, 5) is 12.2. The van der Waals surface area contributed by atoms with E-state index in [0.29, 0.717) is 11.4 Å². The summed E-state index contributed by atoms with van der Waals surface area (Å²) < 4.78 is 32.8. The SMILES string of the molecule is Cc1cc(NS(=O)(=O)c2ccc(NC(=O)Cc3ccc(Br)cc3)cc2)no1. The van der Waals surface area contributed by atoms with Gasteiger partial charge in [-0.25, -0.2) is 8.42 Å². The first-order chi connectivity index (χ1) is 12.8. The number of halogens is 1. The average molecular weight is 450 g/mol. The topological polar surface area (TPSA) is 101 Å². The number of carbonyl (C=O) groups is 1. The summed E-state index contributed by atoms with van der Waals surface area (Å²) in [6.45, 7) is 1.66. The Kier molecular flexibility index (Phi) is 5.62. The number of hydrogen-bond acceptors (Lipinski definition) is 5. The molecule has 0 aliphatic heterocycles. The molecule has 0 aliphatic carbocycles. The lowest BCUT2D eigenvalue weighted by molar-refractivity contribution is -0.115. The zero-order chi connectivity index (χ0) is 19.4. The summed E-state index contributed by atoms with van der Waals surface area (Å²) in [7, 11) is -3.79. The van der Waals surface area contributed by atoms with E-state index >= 15 is 0 Å². The molecule has 140 valence electrons. The van der Waals surface area contributed by atoms with Crippen molar-refractivity contribution in [2.45, 2.75) is 18.2 Å². The molecule has 3 aromatic rings. The van der Waals surface area contributed by atoms with Gasteiger partial charge in [0.2, 0.25) is 5.91 Å². The van der Waals surface area contributed by atoms with E-state index in [4.69, 9.17) is 4.52 Å². The first-order valence-corrected chi connectivity index (χ1v) is 10.2. The lowest BCUT2D eigenvalue weighted by Crippen LogP contribution is -2.15. The van der Waals surface area contributed by atoms with Gasteiger partial charge in [0.25, 0.3) is 10.0 Å². The zero-order valence-corrected chi connectivity index (χ0v) is 16.7. The third-order valence-electron chi connectivity index (χ3n) is 3.59. The number of aromatic nitrogens is 1. The molecule has 9 heteroatoms. The number of rotatable bonds is 6. The Labute approximate surface area is 164 Å². The molecule has 2 N–H and O–H groups in total. The molecule has 3 rings (SSSR count). The predicted octanol–water partition coefficient (Wildman–Crippen LogP) is 3.73. The van der Waals surface area contributed by atoms with E-state index in [2.05, 4.69) is 31.1 Å². The molecule has 1 aromatic heterocycles. The summed E-state index contributed by atoms with van der Waals surface area (Å²) in [6.07, 6.45) is 0.223. The van der Waals surface area contributed by atoms with Crippen LogP contribution in [-0.4, -0.2) is 19.5 Å². The van der Waals surface area contributed by atoms with Gasteiger partial charge in [0.05, 0.1) is 11.3 Å². The van der Waals surface area contributed by atoms with Crippen molar-refractivity contribution in [1.29, 1.82) is 0 Å². The molecule has 0 fully saturated rings. The number of benzene rings is 2. The molecule has 0 unspecified atom stereocenters. The van der Waals surface area contributed by atoms with E-state index in [-0.39, 0.29) is 23.0 Å². The smallest absolute Gasteiger partial charge is 0.263 e. The van der Waals surface area contributed by atoms with Crippen LogP contribution in [-0.2, 0) is 21.2 Å². The third-order valence-corrected chi connectivity index (χ3v) is 5.49. The van der Waals surface area contributed by atoms with Gasteiger partial charge in [0.15, 0.2) is 5.82 Å². The minimum Gasteiger partial charge on any atom is -0.360 e. The summed E-state index contributed by atoms with van der Waals surface area (Å²) >= 11 is 3.35. The first kappa shape index (κ1) is 19.1. The maximum absolute atomic E-state index is 12.3. The monoisotopic (exact) mass is 449 g/mol. The fourth-order valence-corrected chi connectivity index (χ4v) is 3.57. The molecule has 27 heavy (non-hydrogen) atoms. The van der Waals surface area contributed by atoms with Crippen molar-refractivity contribution in [3.8, 4) is 0 Å². The van der Waals surface area contributed by atoms with Crippen molar-refractivity contribution in [3.05, 3.63) is 70.4 Å². The Morgan fingerprint density at radius 3 is 2.37 bits per heavy atom. The van der Waals surface area contributed by atoms with Gasteiger partial charge in [-0.1, -0.05) is 33.2 Å². The molecule has 1 amide bonds. The van der Waals surface area contributed by atoms with Gasteiger partial charge in [0.1, 0.15) is 5.76 Å². The Morgan fingerprint density at radius 2 is 1.78 bits per heavy atom. The van der Waals surface area contributed by atoms with E-state index in [1.54, 1.807) is 6.92 Å². The zero-order valence-electron chi connectivity index (χ0n) is 14.3. The Hall–Kier alpha value is -2.65. The van der Waals surface area contributed by atoms with Crippen molar-refractivity contribution in [2.24, 2.45) is 0 Å². The van der Waals surface area contributed by atoms with Crippen molar-refractivity contribution >= 4 is 43.4 Å². The second kappa shape index (κ2) is 7.93. The van der Waals surface area contributed by atoms with E-state index in [1.807, 2.05) is 24.3 Å². The van der Waals surface area contributed by atoms with Crippen LogP contribution >= 0.6 is 15.9 Å². The number of sulfonamides is 1. The molecule has 2 aromatic carbocycles. The molecule has 0 aliphatic rings. The number of anilines is 2. The van der Waals surface area contributed by atoms with Gasteiger partial charge >= 0.3 is 0 Å². The van der Waals surface area contributed by atoms with Gasteiger partial charge in [-0.05, 0) is 48.9 Å². The Morgan fingerprint density at radius 1 is 1.11 bits per heavy atom. The van der Waals surface area contributed by atoms with Crippen LogP contribution in [0.2, 0.25) is 0 Å². The predicted molar refractivity (Wildman–Crippen MR) is 105 cm³/mol. The molecular formula is C18H16BrN3O4S. The molecule has 0 atom stereocenters. The van der Waals surface area contributed by atoms with Gasteiger partial charge in [-0.3, -0.25) is 9.52 Å². The molecule has 1 heterocycles. The largest absolute Gasteiger partial charge is 0.360 e. The van der Waals surface area contributed by atoms with Crippen LogP contribution in [0.25, 0.3) is 0 Å². The molecule has 0 bridgehead atoms. The quantitative estimate of drug-likeness (QED) is 0.596. The van der Waals surface area contributed by atoms with E-state index in [1.165, 1.54) is 30.3 Å². The Bertz CT molecular complexity index is 1040. The van der Waals surface area contributed by atoms with Crippen LogP contribution < -0.4 is 10.0 Å². The minimum atomic E-state index is -3.79. The fourth-order valence-electron chi connectivity index (χ4n) is 2.32. The van der Waals surface area contributed by atoms with Crippen LogP contribution in [0, 0.1) is 6.92 Å². The molecule has 0 saturated carbocycles. The highest BCUT2D eigenvalue weighted by molar-refractivity contribution is 9.10. The summed E-state index contributed by atoms with van der Waals surface area (Å²) in [5, 5.41) is 6.35. The third kappa shape index (κ3) is 5.18. The van der Waals surface area contributed by atoms with Gasteiger partial charge in [-0.15, -0.1) is 0 Å². The maximum Gasteiger partial charge on any atom is 0.263 e. The number of aryl methyl sites for hydroxylation is 1. The van der Waals surface area contributed by atoms with Crippen molar-refractivity contribution in [2.75, 3.05) is 10.0 Å². The number of carbonyl (C=O) groups excluding carboxylic acids is 1. The van der Waals surface area contributed by atoms with Gasteiger partial charge < -0.3 is 9.84 Å². The highest BCUT2D eigenvalue weighted by Crippen LogP contribution is 2.18. The average Bonchev–Trinajstić information content (AvgIpc) is 3.01.